The van der Waals surface area contributed by atoms with E-state index in [1.165, 1.54) is 0 Å². The highest BCUT2D eigenvalue weighted by Crippen LogP contribution is 2.07. The van der Waals surface area contributed by atoms with Gasteiger partial charge in [-0.25, -0.2) is 0 Å². The quantitative estimate of drug-likeness (QED) is 0.505. The van der Waals surface area contributed by atoms with E-state index < -0.39 is 6.10 Å². The molecular formula is C8H19NO2S. The van der Waals surface area contributed by atoms with Crippen LogP contribution in [0.2, 0.25) is 0 Å². The van der Waals surface area contributed by atoms with E-state index >= 15 is 0 Å². The highest BCUT2D eigenvalue weighted by Gasteiger charge is 2.01. The average Bonchev–Trinajstić information content (AvgIpc) is 2.03. The van der Waals surface area contributed by atoms with Crippen molar-refractivity contribution in [2.45, 2.75) is 31.9 Å². The molecule has 0 fully saturated rings. The third kappa shape index (κ3) is 8.33. The zero-order chi connectivity index (χ0) is 9.40. The summed E-state index contributed by atoms with van der Waals surface area (Å²) in [5.74, 6) is 1.63. The molecule has 2 unspecified atom stereocenters. The van der Waals surface area contributed by atoms with Crippen molar-refractivity contribution in [3.05, 3.63) is 0 Å². The normalized spacial score (nSPS) is 16.0. The van der Waals surface area contributed by atoms with Crippen molar-refractivity contribution in [1.82, 2.24) is 0 Å². The second kappa shape index (κ2) is 7.86. The van der Waals surface area contributed by atoms with Gasteiger partial charge in [0.25, 0.3) is 0 Å². The molecule has 0 bridgehead atoms. The maximum Gasteiger partial charge on any atom is 0.0861 e. The van der Waals surface area contributed by atoms with Crippen LogP contribution in [0.1, 0.15) is 19.8 Å². The van der Waals surface area contributed by atoms with Gasteiger partial charge in [0, 0.05) is 11.8 Å². The van der Waals surface area contributed by atoms with Crippen molar-refractivity contribution in [2.24, 2.45) is 5.73 Å². The summed E-state index contributed by atoms with van der Waals surface area (Å²) in [5.41, 5.74) is 5.56. The van der Waals surface area contributed by atoms with Crippen LogP contribution < -0.4 is 5.73 Å². The predicted molar refractivity (Wildman–Crippen MR) is 53.3 cm³/mol. The number of nitrogens with two attached hydrogens (primary N) is 1. The van der Waals surface area contributed by atoms with Crippen LogP contribution in [0.15, 0.2) is 0 Å². The third-order valence-corrected chi connectivity index (χ3v) is 2.67. The maximum absolute atomic E-state index is 8.97. The van der Waals surface area contributed by atoms with Crippen molar-refractivity contribution < 1.29 is 10.2 Å². The van der Waals surface area contributed by atoms with Gasteiger partial charge in [-0.1, -0.05) is 0 Å². The Hall–Kier alpha value is 0.230. The highest BCUT2D eigenvalue weighted by molar-refractivity contribution is 7.99. The summed E-state index contributed by atoms with van der Waals surface area (Å²) < 4.78 is 0. The molecule has 0 aliphatic carbocycles. The van der Waals surface area contributed by atoms with Crippen LogP contribution in [0, 0.1) is 0 Å². The van der Waals surface area contributed by atoms with Crippen LogP contribution in [-0.2, 0) is 0 Å². The Morgan fingerprint density at radius 3 is 2.67 bits per heavy atom. The van der Waals surface area contributed by atoms with Gasteiger partial charge in [0.15, 0.2) is 0 Å². The molecule has 0 aromatic rings. The second-order valence-electron chi connectivity index (χ2n) is 3.03. The topological polar surface area (TPSA) is 66.5 Å². The van der Waals surface area contributed by atoms with Crippen molar-refractivity contribution in [2.75, 3.05) is 18.1 Å². The molecule has 0 aromatic heterocycles. The lowest BCUT2D eigenvalue weighted by molar-refractivity contribution is 0.113. The molecule has 4 heteroatoms. The van der Waals surface area contributed by atoms with E-state index in [9.17, 15) is 0 Å². The summed E-state index contributed by atoms with van der Waals surface area (Å²) in [6, 6.07) is 0.272. The Kier molecular flexibility index (Phi) is 8.01. The van der Waals surface area contributed by atoms with E-state index in [1.807, 2.05) is 6.92 Å². The highest BCUT2D eigenvalue weighted by atomic mass is 32.2. The molecular weight excluding hydrogens is 174 g/mol. The molecule has 0 spiro atoms. The smallest absolute Gasteiger partial charge is 0.0861 e. The van der Waals surface area contributed by atoms with Crippen LogP contribution in [0.4, 0.5) is 0 Å². The first-order valence-corrected chi connectivity index (χ1v) is 5.44. The van der Waals surface area contributed by atoms with Gasteiger partial charge in [0.2, 0.25) is 0 Å². The molecule has 2 atom stereocenters. The molecule has 0 radical (unpaired) electrons. The Morgan fingerprint density at radius 1 is 1.50 bits per heavy atom. The van der Waals surface area contributed by atoms with Gasteiger partial charge in [0.05, 0.1) is 12.7 Å². The maximum atomic E-state index is 8.97. The monoisotopic (exact) mass is 193 g/mol. The van der Waals surface area contributed by atoms with Gasteiger partial charge in [0.1, 0.15) is 0 Å². The molecule has 0 amide bonds. The van der Waals surface area contributed by atoms with Gasteiger partial charge in [-0.15, -0.1) is 0 Å². The predicted octanol–water partition coefficient (Wildman–Crippen LogP) is 0.200. The van der Waals surface area contributed by atoms with E-state index in [4.69, 9.17) is 15.9 Å². The molecule has 0 aromatic carbocycles. The van der Waals surface area contributed by atoms with E-state index in [2.05, 4.69) is 0 Å². The summed E-state index contributed by atoms with van der Waals surface area (Å²) in [6.07, 6.45) is 1.55. The number of hydrogen-bond donors (Lipinski definition) is 3. The lowest BCUT2D eigenvalue weighted by atomic mass is 10.2. The lowest BCUT2D eigenvalue weighted by Gasteiger charge is -2.07. The minimum Gasteiger partial charge on any atom is -0.394 e. The molecule has 12 heavy (non-hydrogen) atoms. The third-order valence-electron chi connectivity index (χ3n) is 1.47. The van der Waals surface area contributed by atoms with Gasteiger partial charge in [-0.05, 0) is 25.5 Å². The zero-order valence-electron chi connectivity index (χ0n) is 7.57. The Labute approximate surface area is 78.3 Å². The van der Waals surface area contributed by atoms with E-state index in [-0.39, 0.29) is 12.6 Å². The fraction of sp³-hybridized carbons (Fsp3) is 1.00. The van der Waals surface area contributed by atoms with Gasteiger partial charge < -0.3 is 15.9 Å². The summed E-state index contributed by atoms with van der Waals surface area (Å²) in [7, 11) is 0. The standard InChI is InChI=1S/C8H19NO2S/c1-7(9)3-2-4-12-6-8(11)5-10/h7-8,10-11H,2-6,9H2,1H3. The van der Waals surface area contributed by atoms with Crippen LogP contribution in [0.5, 0.6) is 0 Å². The van der Waals surface area contributed by atoms with Crippen molar-refractivity contribution in [1.29, 1.82) is 0 Å². The van der Waals surface area contributed by atoms with Crippen LogP contribution in [-0.4, -0.2) is 40.5 Å². The number of rotatable bonds is 7. The van der Waals surface area contributed by atoms with E-state index in [0.29, 0.717) is 5.75 Å². The molecule has 0 saturated heterocycles. The molecule has 74 valence electrons. The summed E-state index contributed by atoms with van der Waals surface area (Å²) in [4.78, 5) is 0. The van der Waals surface area contributed by atoms with Gasteiger partial charge in [-0.2, -0.15) is 11.8 Å². The molecule has 0 aliphatic heterocycles. The van der Waals surface area contributed by atoms with Gasteiger partial charge in [-0.3, -0.25) is 0 Å². The van der Waals surface area contributed by atoms with Crippen molar-refractivity contribution in [3.63, 3.8) is 0 Å². The van der Waals surface area contributed by atoms with Crippen LogP contribution in [0.3, 0.4) is 0 Å². The number of aliphatic hydroxyl groups is 2. The summed E-state index contributed by atoms with van der Waals surface area (Å²) >= 11 is 1.66. The Bertz CT molecular complexity index is 101. The van der Waals surface area contributed by atoms with Crippen LogP contribution in [0.25, 0.3) is 0 Å². The lowest BCUT2D eigenvalue weighted by Crippen LogP contribution is -2.16. The fourth-order valence-corrected chi connectivity index (χ4v) is 1.69. The first kappa shape index (κ1) is 12.2. The van der Waals surface area contributed by atoms with Gasteiger partial charge >= 0.3 is 0 Å². The Morgan fingerprint density at radius 2 is 2.17 bits per heavy atom. The minimum atomic E-state index is -0.565. The molecule has 0 rings (SSSR count). The first-order valence-electron chi connectivity index (χ1n) is 4.29. The number of thioether (sulfide) groups is 1. The fourth-order valence-electron chi connectivity index (χ4n) is 0.779. The zero-order valence-corrected chi connectivity index (χ0v) is 8.39. The average molecular weight is 193 g/mol. The first-order chi connectivity index (χ1) is 5.66. The number of hydrogen-bond acceptors (Lipinski definition) is 4. The van der Waals surface area contributed by atoms with Crippen LogP contribution >= 0.6 is 11.8 Å². The molecule has 0 saturated carbocycles. The Balaban J connectivity index is 3.00. The summed E-state index contributed by atoms with van der Waals surface area (Å²) in [6.45, 7) is 1.85. The number of aliphatic hydroxyl groups excluding tert-OH is 2. The molecule has 0 heterocycles. The SMILES string of the molecule is CC(N)CCCSCC(O)CO. The molecule has 3 nitrogen and oxygen atoms in total. The minimum absolute atomic E-state index is 0.139. The van der Waals surface area contributed by atoms with Crippen molar-refractivity contribution in [3.8, 4) is 0 Å². The van der Waals surface area contributed by atoms with Crippen molar-refractivity contribution >= 4 is 11.8 Å². The second-order valence-corrected chi connectivity index (χ2v) is 4.18. The summed E-state index contributed by atoms with van der Waals surface area (Å²) in [5, 5.41) is 17.5. The molecule has 0 aliphatic rings. The van der Waals surface area contributed by atoms with E-state index in [1.54, 1.807) is 11.8 Å². The largest absolute Gasteiger partial charge is 0.394 e. The van der Waals surface area contributed by atoms with E-state index in [0.717, 1.165) is 18.6 Å². The molecule has 4 N–H and O–H groups in total.